The van der Waals surface area contributed by atoms with Gasteiger partial charge in [-0.25, -0.2) is 0 Å². The van der Waals surface area contributed by atoms with E-state index in [-0.39, 0.29) is 18.1 Å². The molecule has 2 aromatic heterocycles. The van der Waals surface area contributed by atoms with Crippen LogP contribution in [0, 0.1) is 0 Å². The molecule has 1 amide bonds. The van der Waals surface area contributed by atoms with Gasteiger partial charge in [0.05, 0.1) is 18.4 Å². The van der Waals surface area contributed by atoms with Crippen LogP contribution in [0.15, 0.2) is 42.7 Å². The molecular weight excluding hydrogens is 416 g/mol. The third-order valence-electron chi connectivity index (χ3n) is 3.94. The molecule has 3 rings (SSSR count). The van der Waals surface area contributed by atoms with Crippen LogP contribution in [0.5, 0.6) is 5.75 Å². The first-order valence-corrected chi connectivity index (χ1v) is 11.0. The van der Waals surface area contributed by atoms with Crippen LogP contribution in [0.25, 0.3) is 11.1 Å². The Balaban J connectivity index is 1.76. The van der Waals surface area contributed by atoms with Crippen LogP contribution in [0.3, 0.4) is 0 Å². The van der Waals surface area contributed by atoms with E-state index >= 15 is 0 Å². The van der Waals surface area contributed by atoms with Gasteiger partial charge in [0.25, 0.3) is 16.0 Å². The molecule has 0 saturated carbocycles. The van der Waals surface area contributed by atoms with Gasteiger partial charge in [-0.2, -0.15) is 8.42 Å². The average Bonchev–Trinajstić information content (AvgIpc) is 3.14. The first-order chi connectivity index (χ1) is 13.9. The molecule has 0 aliphatic rings. The maximum Gasteiger partial charge on any atom is 0.264 e. The van der Waals surface area contributed by atoms with Crippen molar-refractivity contribution in [2.45, 2.75) is 12.8 Å². The summed E-state index contributed by atoms with van der Waals surface area (Å²) in [5.41, 5.74) is 1.74. The average molecular weight is 434 g/mol. The molecule has 0 bridgehead atoms. The number of nitrogens with one attached hydrogen (secondary N) is 1. The fraction of sp³-hybridized carbons (Fsp3) is 0.222. The van der Waals surface area contributed by atoms with Crippen LogP contribution >= 0.6 is 11.3 Å². The second kappa shape index (κ2) is 9.07. The number of nitrogens with zero attached hydrogens (tertiary/aromatic N) is 3. The van der Waals surface area contributed by atoms with Crippen molar-refractivity contribution in [3.63, 3.8) is 0 Å². The van der Waals surface area contributed by atoms with Crippen LogP contribution < -0.4 is 10.1 Å². The second-order valence-electron chi connectivity index (χ2n) is 5.97. The summed E-state index contributed by atoms with van der Waals surface area (Å²) in [6, 6.07) is 8.92. The number of benzene rings is 1. The minimum absolute atomic E-state index is 0.212. The maximum absolute atomic E-state index is 12.8. The van der Waals surface area contributed by atoms with Gasteiger partial charge in [0, 0.05) is 29.9 Å². The SMILES string of the molecule is COc1ccccc1-c1cnccc1C(=O)Nc1nnc(CCCS(=O)(=O)O)s1. The van der Waals surface area contributed by atoms with E-state index in [0.29, 0.717) is 33.4 Å². The first-order valence-electron chi connectivity index (χ1n) is 8.53. The van der Waals surface area contributed by atoms with E-state index < -0.39 is 10.1 Å². The van der Waals surface area contributed by atoms with Gasteiger partial charge in [-0.15, -0.1) is 10.2 Å². The Labute approximate surface area is 171 Å². The summed E-state index contributed by atoms with van der Waals surface area (Å²) in [5.74, 6) is -0.117. The third kappa shape index (κ3) is 5.56. The van der Waals surface area contributed by atoms with Gasteiger partial charge in [-0.1, -0.05) is 29.5 Å². The number of methoxy groups -OCH3 is 1. The molecule has 2 N–H and O–H groups in total. The van der Waals surface area contributed by atoms with Gasteiger partial charge in [0.2, 0.25) is 5.13 Å². The molecule has 152 valence electrons. The zero-order valence-electron chi connectivity index (χ0n) is 15.4. The van der Waals surface area contributed by atoms with Crippen molar-refractivity contribution in [2.24, 2.45) is 0 Å². The van der Waals surface area contributed by atoms with Gasteiger partial charge in [0.1, 0.15) is 10.8 Å². The number of carbonyl (C=O) groups excluding carboxylic acids is 1. The number of hydrogen-bond donors (Lipinski definition) is 2. The van der Waals surface area contributed by atoms with Crippen LogP contribution in [0.4, 0.5) is 5.13 Å². The normalized spacial score (nSPS) is 11.2. The highest BCUT2D eigenvalue weighted by atomic mass is 32.2. The number of aryl methyl sites for hydroxylation is 1. The largest absolute Gasteiger partial charge is 0.496 e. The third-order valence-corrected chi connectivity index (χ3v) is 5.65. The molecule has 9 nitrogen and oxygen atoms in total. The summed E-state index contributed by atoms with van der Waals surface area (Å²) in [4.78, 5) is 16.9. The first kappa shape index (κ1) is 20.8. The highest BCUT2D eigenvalue weighted by Gasteiger charge is 2.17. The van der Waals surface area contributed by atoms with Crippen LogP contribution in [0.1, 0.15) is 21.8 Å². The molecule has 0 aliphatic carbocycles. The number of rotatable bonds is 8. The van der Waals surface area contributed by atoms with Crippen LogP contribution in [0.2, 0.25) is 0 Å². The topological polar surface area (TPSA) is 131 Å². The molecule has 0 aliphatic heterocycles. The monoisotopic (exact) mass is 434 g/mol. The summed E-state index contributed by atoms with van der Waals surface area (Å²) in [6.07, 6.45) is 3.65. The lowest BCUT2D eigenvalue weighted by molar-refractivity contribution is 0.102. The number of anilines is 1. The number of ether oxygens (including phenoxy) is 1. The predicted octanol–water partition coefficient (Wildman–Crippen LogP) is 2.68. The van der Waals surface area contributed by atoms with Gasteiger partial charge in [-0.05, 0) is 18.6 Å². The summed E-state index contributed by atoms with van der Waals surface area (Å²) in [5, 5.41) is 11.4. The van der Waals surface area contributed by atoms with Crippen molar-refractivity contribution in [1.29, 1.82) is 0 Å². The summed E-state index contributed by atoms with van der Waals surface area (Å²) >= 11 is 1.14. The molecule has 0 atom stereocenters. The van der Waals surface area contributed by atoms with E-state index in [1.54, 1.807) is 25.4 Å². The van der Waals surface area contributed by atoms with Crippen molar-refractivity contribution in [2.75, 3.05) is 18.2 Å². The Morgan fingerprint density at radius 3 is 2.76 bits per heavy atom. The highest BCUT2D eigenvalue weighted by Crippen LogP contribution is 2.32. The van der Waals surface area contributed by atoms with E-state index in [4.69, 9.17) is 9.29 Å². The standard InChI is InChI=1S/C18H18N4O5S2/c1-27-15-6-3-2-5-12(15)14-11-19-9-8-13(14)17(23)20-18-22-21-16(28-18)7-4-10-29(24,25)26/h2-3,5-6,8-9,11H,4,7,10H2,1H3,(H,20,22,23)(H,24,25,26). The number of carbonyl (C=O) groups is 1. The van der Waals surface area contributed by atoms with Crippen molar-refractivity contribution < 1.29 is 22.5 Å². The summed E-state index contributed by atoms with van der Waals surface area (Å²) in [6.45, 7) is 0. The van der Waals surface area contributed by atoms with Crippen LogP contribution in [-0.4, -0.2) is 46.9 Å². The molecule has 0 unspecified atom stereocenters. The molecule has 2 heterocycles. The summed E-state index contributed by atoms with van der Waals surface area (Å²) < 4.78 is 35.7. The lowest BCUT2D eigenvalue weighted by Gasteiger charge is -2.11. The molecule has 11 heteroatoms. The second-order valence-corrected chi connectivity index (χ2v) is 8.60. The molecule has 0 spiro atoms. The Kier molecular flexibility index (Phi) is 6.52. The van der Waals surface area contributed by atoms with Gasteiger partial charge in [-0.3, -0.25) is 19.6 Å². The number of para-hydroxylation sites is 1. The van der Waals surface area contributed by atoms with Gasteiger partial charge >= 0.3 is 0 Å². The molecule has 29 heavy (non-hydrogen) atoms. The van der Waals surface area contributed by atoms with E-state index in [1.165, 1.54) is 6.20 Å². The van der Waals surface area contributed by atoms with Crippen molar-refractivity contribution in [1.82, 2.24) is 15.2 Å². The van der Waals surface area contributed by atoms with E-state index in [2.05, 4.69) is 20.5 Å². The van der Waals surface area contributed by atoms with E-state index in [9.17, 15) is 13.2 Å². The predicted molar refractivity (Wildman–Crippen MR) is 109 cm³/mol. The number of hydrogen-bond acceptors (Lipinski definition) is 8. The smallest absolute Gasteiger partial charge is 0.264 e. The Morgan fingerprint density at radius 1 is 1.21 bits per heavy atom. The minimum Gasteiger partial charge on any atom is -0.496 e. The lowest BCUT2D eigenvalue weighted by Crippen LogP contribution is -2.13. The Morgan fingerprint density at radius 2 is 2.00 bits per heavy atom. The molecule has 0 fully saturated rings. The van der Waals surface area contributed by atoms with Gasteiger partial charge in [0.15, 0.2) is 0 Å². The van der Waals surface area contributed by atoms with Crippen molar-refractivity contribution in [3.05, 3.63) is 53.3 Å². The lowest BCUT2D eigenvalue weighted by atomic mass is 10.0. The quantitative estimate of drug-likeness (QED) is 0.517. The van der Waals surface area contributed by atoms with Crippen molar-refractivity contribution >= 4 is 32.5 Å². The zero-order chi connectivity index (χ0) is 20.9. The van der Waals surface area contributed by atoms with Gasteiger partial charge < -0.3 is 4.74 Å². The van der Waals surface area contributed by atoms with Crippen LogP contribution in [-0.2, 0) is 16.5 Å². The highest BCUT2D eigenvalue weighted by molar-refractivity contribution is 7.85. The summed E-state index contributed by atoms with van der Waals surface area (Å²) in [7, 11) is -2.45. The number of amides is 1. The fourth-order valence-corrected chi connectivity index (χ4v) is 3.94. The Hall–Kier alpha value is -2.89. The molecule has 0 saturated heterocycles. The van der Waals surface area contributed by atoms with Crippen molar-refractivity contribution in [3.8, 4) is 16.9 Å². The number of aromatic nitrogens is 3. The maximum atomic E-state index is 12.8. The molecule has 0 radical (unpaired) electrons. The fourth-order valence-electron chi connectivity index (χ4n) is 2.65. The molecule has 1 aromatic carbocycles. The molecular formula is C18H18N4O5S2. The van der Waals surface area contributed by atoms with E-state index in [0.717, 1.165) is 16.9 Å². The zero-order valence-corrected chi connectivity index (χ0v) is 17.0. The van der Waals surface area contributed by atoms with E-state index in [1.807, 2.05) is 18.2 Å². The minimum atomic E-state index is -4.01. The number of pyridine rings is 1. The molecule has 3 aromatic rings. The Bertz CT molecular complexity index is 1110.